The molecule has 0 atom stereocenters. The summed E-state index contributed by atoms with van der Waals surface area (Å²) in [6.07, 6.45) is -9.68. The van der Waals surface area contributed by atoms with E-state index in [1.165, 1.54) is 0 Å². The van der Waals surface area contributed by atoms with Gasteiger partial charge >= 0.3 is 12.4 Å². The van der Waals surface area contributed by atoms with Gasteiger partial charge in [0.15, 0.2) is 0 Å². The number of hydrogen-bond donors (Lipinski definition) is 0. The number of benzene rings is 1. The predicted molar refractivity (Wildman–Crippen MR) is 47.6 cm³/mol. The van der Waals surface area contributed by atoms with Gasteiger partial charge in [-0.3, -0.25) is 0 Å². The molecular weight excluding hydrogens is 244 g/mol. The van der Waals surface area contributed by atoms with E-state index in [4.69, 9.17) is 7.85 Å². The van der Waals surface area contributed by atoms with Gasteiger partial charge in [0.25, 0.3) is 0 Å². The van der Waals surface area contributed by atoms with Crippen LogP contribution in [0.1, 0.15) is 11.1 Å². The van der Waals surface area contributed by atoms with Crippen molar-refractivity contribution >= 4 is 42.9 Å². The quantitative estimate of drug-likeness (QED) is 0.486. The minimum atomic E-state index is -4.84. The molecule has 3 radical (unpaired) electrons. The number of halogens is 6. The molecule has 0 amide bonds. The zero-order chi connectivity index (χ0) is 11.9. The van der Waals surface area contributed by atoms with Gasteiger partial charge in [-0.25, -0.2) is 0 Å². The Hall–Kier alpha value is -0.135. The summed E-state index contributed by atoms with van der Waals surface area (Å²) in [5.41, 5.74) is -3.39. The molecule has 8 heteroatoms. The smallest absolute Gasteiger partial charge is 0.166 e. The van der Waals surface area contributed by atoms with Crippen LogP contribution in [0.3, 0.4) is 0 Å². The third-order valence-corrected chi connectivity index (χ3v) is 1.61. The summed E-state index contributed by atoms with van der Waals surface area (Å²) in [4.78, 5) is 0. The van der Waals surface area contributed by atoms with E-state index in [0.717, 1.165) is 0 Å². The molecule has 0 N–H and O–H groups in total. The molecule has 1 aromatic carbocycles. The first-order valence-corrected chi connectivity index (χ1v) is 3.65. The SMILES string of the molecule is [B]c1cc(C(F)(F)F)cc(C(F)(F)F)c1.[Na]. The van der Waals surface area contributed by atoms with Crippen molar-refractivity contribution in [3.05, 3.63) is 29.3 Å². The Kier molecular flexibility index (Phi) is 4.98. The van der Waals surface area contributed by atoms with Gasteiger partial charge in [-0.2, -0.15) is 26.3 Å². The van der Waals surface area contributed by atoms with Crippen molar-refractivity contribution in [3.63, 3.8) is 0 Å². The third-order valence-electron chi connectivity index (χ3n) is 1.61. The van der Waals surface area contributed by atoms with Gasteiger partial charge in [0, 0.05) is 29.6 Å². The maximum Gasteiger partial charge on any atom is 0.416 e. The number of hydrogen-bond acceptors (Lipinski definition) is 0. The molecule has 0 aliphatic heterocycles. The average molecular weight is 247 g/mol. The van der Waals surface area contributed by atoms with Crippen molar-refractivity contribution in [3.8, 4) is 0 Å². The molecule has 0 saturated heterocycles. The summed E-state index contributed by atoms with van der Waals surface area (Å²) in [6.45, 7) is 0. The van der Waals surface area contributed by atoms with E-state index in [1.807, 2.05) is 0 Å². The fourth-order valence-electron chi connectivity index (χ4n) is 0.979. The first-order valence-electron chi connectivity index (χ1n) is 3.65. The maximum atomic E-state index is 12.1. The molecule has 0 spiro atoms. The summed E-state index contributed by atoms with van der Waals surface area (Å²) in [5.74, 6) is 0. The van der Waals surface area contributed by atoms with E-state index in [-0.39, 0.29) is 35.6 Å². The molecule has 0 aliphatic carbocycles. The van der Waals surface area contributed by atoms with Crippen LogP contribution in [0, 0.1) is 0 Å². The molecule has 0 aromatic heterocycles. The van der Waals surface area contributed by atoms with Crippen molar-refractivity contribution < 1.29 is 26.3 Å². The Morgan fingerprint density at radius 2 is 1.06 bits per heavy atom. The van der Waals surface area contributed by atoms with Gasteiger partial charge in [-0.15, -0.1) is 0 Å². The molecule has 1 aromatic rings. The summed E-state index contributed by atoms with van der Waals surface area (Å²) >= 11 is 0. The van der Waals surface area contributed by atoms with E-state index < -0.39 is 28.9 Å². The molecule has 16 heavy (non-hydrogen) atoms. The molecule has 0 nitrogen and oxygen atoms in total. The predicted octanol–water partition coefficient (Wildman–Crippen LogP) is 2.14. The normalized spacial score (nSPS) is 12.1. The van der Waals surface area contributed by atoms with Crippen molar-refractivity contribution in [2.75, 3.05) is 0 Å². The summed E-state index contributed by atoms with van der Waals surface area (Å²) < 4.78 is 72.7. The van der Waals surface area contributed by atoms with Gasteiger partial charge in [0.2, 0.25) is 0 Å². The van der Waals surface area contributed by atoms with Crippen LogP contribution in [0.4, 0.5) is 26.3 Å². The van der Waals surface area contributed by atoms with Gasteiger partial charge in [-0.05, 0) is 6.07 Å². The minimum absolute atomic E-state index is 0. The first kappa shape index (κ1) is 15.9. The van der Waals surface area contributed by atoms with Crippen molar-refractivity contribution in [1.82, 2.24) is 0 Å². The standard InChI is InChI=1S/C8H3BF6.Na/c9-6-2-4(7(10,11)12)1-5(3-6)8(13,14)15;/h1-3H;. The van der Waals surface area contributed by atoms with Gasteiger partial charge in [-0.1, -0.05) is 17.6 Å². The number of alkyl halides is 6. The molecular formula is C8H3BF6Na. The average Bonchev–Trinajstić information content (AvgIpc) is 1.99. The molecule has 0 saturated carbocycles. The van der Waals surface area contributed by atoms with Crippen LogP contribution >= 0.6 is 0 Å². The zero-order valence-corrected chi connectivity index (χ0v) is 10.1. The van der Waals surface area contributed by atoms with Gasteiger partial charge < -0.3 is 0 Å². The molecule has 0 unspecified atom stereocenters. The van der Waals surface area contributed by atoms with Crippen LogP contribution in [0.5, 0.6) is 0 Å². The summed E-state index contributed by atoms with van der Waals surface area (Å²) in [5, 5.41) is 0. The van der Waals surface area contributed by atoms with E-state index >= 15 is 0 Å². The van der Waals surface area contributed by atoms with Gasteiger partial charge in [0.05, 0.1) is 11.1 Å². The Morgan fingerprint density at radius 3 is 1.31 bits per heavy atom. The van der Waals surface area contributed by atoms with Crippen LogP contribution in [-0.4, -0.2) is 37.4 Å². The Balaban J connectivity index is 0.00000225. The van der Waals surface area contributed by atoms with E-state index in [2.05, 4.69) is 0 Å². The van der Waals surface area contributed by atoms with Crippen molar-refractivity contribution in [2.45, 2.75) is 12.4 Å². The summed E-state index contributed by atoms with van der Waals surface area (Å²) in [7, 11) is 4.95. The van der Waals surface area contributed by atoms with Crippen molar-refractivity contribution in [1.29, 1.82) is 0 Å². The molecule has 81 valence electrons. The topological polar surface area (TPSA) is 0 Å². The molecule has 1 rings (SSSR count). The molecule has 0 aliphatic rings. The van der Waals surface area contributed by atoms with Crippen LogP contribution in [0.15, 0.2) is 18.2 Å². The first-order chi connectivity index (χ1) is 6.60. The van der Waals surface area contributed by atoms with Crippen LogP contribution in [0.25, 0.3) is 0 Å². The monoisotopic (exact) mass is 247 g/mol. The Bertz CT molecular complexity index is 338. The minimum Gasteiger partial charge on any atom is -0.166 e. The Labute approximate surface area is 111 Å². The van der Waals surface area contributed by atoms with Gasteiger partial charge in [0.1, 0.15) is 7.85 Å². The largest absolute Gasteiger partial charge is 0.416 e. The van der Waals surface area contributed by atoms with Crippen molar-refractivity contribution in [2.24, 2.45) is 0 Å². The molecule has 0 heterocycles. The molecule has 0 fully saturated rings. The maximum absolute atomic E-state index is 12.1. The number of rotatable bonds is 0. The Morgan fingerprint density at radius 1 is 0.750 bits per heavy atom. The summed E-state index contributed by atoms with van der Waals surface area (Å²) in [6, 6.07) is 0.931. The van der Waals surface area contributed by atoms with E-state index in [0.29, 0.717) is 12.1 Å². The van der Waals surface area contributed by atoms with E-state index in [1.54, 1.807) is 0 Å². The van der Waals surface area contributed by atoms with Crippen LogP contribution in [-0.2, 0) is 12.4 Å². The third kappa shape index (κ3) is 4.03. The second kappa shape index (κ2) is 5.02. The second-order valence-electron chi connectivity index (χ2n) is 2.84. The molecule has 0 bridgehead atoms. The zero-order valence-electron chi connectivity index (χ0n) is 8.08. The fourth-order valence-corrected chi connectivity index (χ4v) is 0.979. The fraction of sp³-hybridized carbons (Fsp3) is 0.250. The second-order valence-corrected chi connectivity index (χ2v) is 2.84. The van der Waals surface area contributed by atoms with Crippen LogP contribution < -0.4 is 5.46 Å². The van der Waals surface area contributed by atoms with Crippen LogP contribution in [0.2, 0.25) is 0 Å². The van der Waals surface area contributed by atoms with E-state index in [9.17, 15) is 26.3 Å².